The van der Waals surface area contributed by atoms with E-state index in [1.54, 1.807) is 25.1 Å². The summed E-state index contributed by atoms with van der Waals surface area (Å²) >= 11 is 0. The predicted octanol–water partition coefficient (Wildman–Crippen LogP) is 3.13. The molecule has 0 aliphatic carbocycles. The lowest BCUT2D eigenvalue weighted by Crippen LogP contribution is -2.11. The standard InChI is InChI=1S/C12H8N4O4/c1-6-13-8-4-2-3-7-9(15(17)18)5-10(16(19)20)12(14-6)11(7)8/h2-5H,1H3,(H,13,14). The molecule has 0 fully saturated rings. The van der Waals surface area contributed by atoms with Gasteiger partial charge in [0.15, 0.2) is 5.69 Å². The summed E-state index contributed by atoms with van der Waals surface area (Å²) in [6.45, 7) is 1.67. The van der Waals surface area contributed by atoms with Crippen molar-refractivity contribution in [3.05, 3.63) is 44.5 Å². The van der Waals surface area contributed by atoms with E-state index in [9.17, 15) is 20.2 Å². The van der Waals surface area contributed by atoms with Crippen molar-refractivity contribution < 1.29 is 9.85 Å². The zero-order chi connectivity index (χ0) is 14.4. The molecule has 1 N–H and O–H groups in total. The largest absolute Gasteiger partial charge is 0.343 e. The first-order chi connectivity index (χ1) is 9.49. The van der Waals surface area contributed by atoms with Crippen LogP contribution in [0, 0.1) is 20.2 Å². The lowest BCUT2D eigenvalue weighted by molar-refractivity contribution is -0.392. The molecule has 0 radical (unpaired) electrons. The Kier molecular flexibility index (Phi) is 2.40. The van der Waals surface area contributed by atoms with Crippen LogP contribution < -0.4 is 5.32 Å². The summed E-state index contributed by atoms with van der Waals surface area (Å²) in [4.78, 5) is 25.1. The van der Waals surface area contributed by atoms with Crippen LogP contribution in [0.2, 0.25) is 0 Å². The van der Waals surface area contributed by atoms with Gasteiger partial charge >= 0.3 is 5.69 Å². The number of hydrogen-bond acceptors (Lipinski definition) is 6. The van der Waals surface area contributed by atoms with Gasteiger partial charge in [-0.15, -0.1) is 0 Å². The Morgan fingerprint density at radius 1 is 1.15 bits per heavy atom. The molecule has 0 saturated carbocycles. The molecule has 0 bridgehead atoms. The summed E-state index contributed by atoms with van der Waals surface area (Å²) in [7, 11) is 0. The van der Waals surface area contributed by atoms with E-state index in [4.69, 9.17) is 0 Å². The third-order valence-electron chi connectivity index (χ3n) is 3.08. The van der Waals surface area contributed by atoms with Gasteiger partial charge in [0.1, 0.15) is 5.84 Å². The van der Waals surface area contributed by atoms with Crippen LogP contribution in [-0.4, -0.2) is 15.7 Å². The number of nitrogens with one attached hydrogen (secondary N) is 1. The Labute approximate surface area is 112 Å². The highest BCUT2D eigenvalue weighted by Gasteiger charge is 2.28. The molecule has 20 heavy (non-hydrogen) atoms. The summed E-state index contributed by atoms with van der Waals surface area (Å²) in [5.74, 6) is 0.502. The monoisotopic (exact) mass is 272 g/mol. The van der Waals surface area contributed by atoms with Gasteiger partial charge in [0.2, 0.25) is 0 Å². The molecule has 0 saturated heterocycles. The van der Waals surface area contributed by atoms with E-state index >= 15 is 0 Å². The first-order valence-corrected chi connectivity index (χ1v) is 5.70. The predicted molar refractivity (Wildman–Crippen MR) is 73.6 cm³/mol. The molecule has 0 aromatic heterocycles. The minimum Gasteiger partial charge on any atom is -0.343 e. The molecule has 3 rings (SSSR count). The summed E-state index contributed by atoms with van der Waals surface area (Å²) in [5.41, 5.74) is 0.0746. The topological polar surface area (TPSA) is 111 Å². The maximum atomic E-state index is 11.1. The molecule has 1 aliphatic heterocycles. The van der Waals surface area contributed by atoms with Crippen molar-refractivity contribution in [2.75, 3.05) is 5.32 Å². The number of amidine groups is 1. The molecule has 0 amide bonds. The number of anilines is 1. The van der Waals surface area contributed by atoms with Crippen molar-refractivity contribution in [1.82, 2.24) is 0 Å². The fourth-order valence-corrected chi connectivity index (χ4v) is 2.32. The summed E-state index contributed by atoms with van der Waals surface area (Å²) in [5, 5.41) is 25.9. The van der Waals surface area contributed by atoms with Gasteiger partial charge < -0.3 is 5.32 Å². The average Bonchev–Trinajstić information content (AvgIpc) is 2.37. The van der Waals surface area contributed by atoms with E-state index in [1.807, 2.05) is 0 Å². The lowest BCUT2D eigenvalue weighted by Gasteiger charge is -2.16. The average molecular weight is 272 g/mol. The van der Waals surface area contributed by atoms with Gasteiger partial charge in [-0.3, -0.25) is 20.2 Å². The minimum atomic E-state index is -0.652. The Balaban J connectivity index is 2.54. The number of benzene rings is 2. The maximum absolute atomic E-state index is 11.1. The van der Waals surface area contributed by atoms with Crippen LogP contribution in [0.15, 0.2) is 29.3 Å². The highest BCUT2D eigenvalue weighted by molar-refractivity contribution is 6.17. The molecule has 1 heterocycles. The Hall–Kier alpha value is -3.03. The van der Waals surface area contributed by atoms with Crippen LogP contribution in [-0.2, 0) is 0 Å². The lowest BCUT2D eigenvalue weighted by atomic mass is 10.0. The highest BCUT2D eigenvalue weighted by Crippen LogP contribution is 2.45. The quantitative estimate of drug-likeness (QED) is 0.666. The maximum Gasteiger partial charge on any atom is 0.302 e. The molecular formula is C12H8N4O4. The van der Waals surface area contributed by atoms with E-state index < -0.39 is 9.85 Å². The van der Waals surface area contributed by atoms with Crippen molar-refractivity contribution in [2.45, 2.75) is 6.92 Å². The van der Waals surface area contributed by atoms with E-state index in [0.29, 0.717) is 22.3 Å². The first-order valence-electron chi connectivity index (χ1n) is 5.70. The van der Waals surface area contributed by atoms with Gasteiger partial charge in [-0.25, -0.2) is 4.99 Å². The van der Waals surface area contributed by atoms with Crippen LogP contribution in [0.25, 0.3) is 10.8 Å². The van der Waals surface area contributed by atoms with Crippen molar-refractivity contribution in [1.29, 1.82) is 0 Å². The van der Waals surface area contributed by atoms with E-state index in [2.05, 4.69) is 10.3 Å². The fourth-order valence-electron chi connectivity index (χ4n) is 2.32. The minimum absolute atomic E-state index is 0.155. The van der Waals surface area contributed by atoms with Crippen LogP contribution in [0.3, 0.4) is 0 Å². The smallest absolute Gasteiger partial charge is 0.302 e. The second-order valence-corrected chi connectivity index (χ2v) is 4.33. The number of nitro groups is 2. The van der Waals surface area contributed by atoms with E-state index in [-0.39, 0.29) is 17.1 Å². The number of nitrogens with zero attached hydrogens (tertiary/aromatic N) is 3. The number of rotatable bonds is 2. The second kappa shape index (κ2) is 3.98. The van der Waals surface area contributed by atoms with Crippen LogP contribution >= 0.6 is 0 Å². The van der Waals surface area contributed by atoms with Gasteiger partial charge in [0.05, 0.1) is 21.3 Å². The molecule has 0 atom stereocenters. The van der Waals surface area contributed by atoms with Crippen molar-refractivity contribution >= 4 is 39.4 Å². The second-order valence-electron chi connectivity index (χ2n) is 4.33. The summed E-state index contributed by atoms with van der Waals surface area (Å²) in [6, 6.07) is 5.88. The Bertz CT molecular complexity index is 813. The SMILES string of the molecule is CC1=Nc2c([N+](=O)[O-])cc([N+](=O)[O-])c3cccc(c23)N1. The molecule has 2 aromatic rings. The molecule has 0 unspecified atom stereocenters. The molecule has 1 aliphatic rings. The number of nitro benzene ring substituents is 2. The van der Waals surface area contributed by atoms with Gasteiger partial charge in [-0.1, -0.05) is 6.07 Å². The van der Waals surface area contributed by atoms with Crippen LogP contribution in [0.1, 0.15) is 6.92 Å². The van der Waals surface area contributed by atoms with E-state index in [0.717, 1.165) is 6.07 Å². The number of hydrogen-bond donors (Lipinski definition) is 1. The highest BCUT2D eigenvalue weighted by atomic mass is 16.6. The van der Waals surface area contributed by atoms with Crippen LogP contribution in [0.5, 0.6) is 0 Å². The molecule has 8 nitrogen and oxygen atoms in total. The zero-order valence-electron chi connectivity index (χ0n) is 10.3. The molecular weight excluding hydrogens is 264 g/mol. The fraction of sp³-hybridized carbons (Fsp3) is 0.0833. The number of aliphatic imine (C=N–C) groups is 1. The van der Waals surface area contributed by atoms with Gasteiger partial charge in [0, 0.05) is 11.1 Å². The first kappa shape index (κ1) is 12.0. The number of non-ortho nitro benzene ring substituents is 1. The molecule has 8 heteroatoms. The van der Waals surface area contributed by atoms with Gasteiger partial charge in [-0.05, 0) is 19.1 Å². The van der Waals surface area contributed by atoms with Crippen LogP contribution in [0.4, 0.5) is 22.7 Å². The summed E-state index contributed by atoms with van der Waals surface area (Å²) < 4.78 is 0. The zero-order valence-corrected chi connectivity index (χ0v) is 10.3. The normalized spacial score (nSPS) is 12.8. The van der Waals surface area contributed by atoms with Crippen molar-refractivity contribution in [2.24, 2.45) is 4.99 Å². The van der Waals surface area contributed by atoms with Crippen molar-refractivity contribution in [3.8, 4) is 0 Å². The Morgan fingerprint density at radius 3 is 2.50 bits per heavy atom. The summed E-state index contributed by atoms with van der Waals surface area (Å²) in [6.07, 6.45) is 0. The van der Waals surface area contributed by atoms with Crippen molar-refractivity contribution in [3.63, 3.8) is 0 Å². The van der Waals surface area contributed by atoms with E-state index in [1.165, 1.54) is 0 Å². The third kappa shape index (κ3) is 1.58. The third-order valence-corrected chi connectivity index (χ3v) is 3.08. The van der Waals surface area contributed by atoms with Gasteiger partial charge in [-0.2, -0.15) is 0 Å². The molecule has 0 spiro atoms. The molecule has 100 valence electrons. The Morgan fingerprint density at radius 2 is 1.85 bits per heavy atom. The van der Waals surface area contributed by atoms with Gasteiger partial charge in [0.25, 0.3) is 5.69 Å². The molecule has 2 aromatic carbocycles.